The van der Waals surface area contributed by atoms with E-state index in [1.54, 1.807) is 0 Å². The number of amides is 1. The summed E-state index contributed by atoms with van der Waals surface area (Å²) in [5.74, 6) is -0.0291. The third kappa shape index (κ3) is 2.80. The van der Waals surface area contributed by atoms with Crippen molar-refractivity contribution >= 4 is 28.3 Å². The first-order chi connectivity index (χ1) is 7.20. The van der Waals surface area contributed by atoms with Gasteiger partial charge in [0, 0.05) is 20.2 Å². The molecule has 7 heteroatoms. The van der Waals surface area contributed by atoms with Crippen LogP contribution in [0, 0.1) is 0 Å². The van der Waals surface area contributed by atoms with Crippen molar-refractivity contribution in [2.75, 3.05) is 31.2 Å². The highest BCUT2D eigenvalue weighted by Gasteiger charge is 2.17. The first-order valence-corrected chi connectivity index (χ1v) is 5.30. The number of nitrogens with zero attached hydrogens (tertiary/aromatic N) is 1. The topological polar surface area (TPSA) is 100 Å². The number of anilines is 2. The number of carbonyl (C=O) groups is 1. The molecule has 0 saturated carbocycles. The molecule has 1 aromatic heterocycles. The Hall–Kier alpha value is -1.34. The van der Waals surface area contributed by atoms with Crippen molar-refractivity contribution in [1.29, 1.82) is 0 Å². The molecule has 0 saturated heterocycles. The number of nitrogen functional groups attached to an aromatic ring is 1. The van der Waals surface area contributed by atoms with E-state index in [1.165, 1.54) is 7.05 Å². The highest BCUT2D eigenvalue weighted by molar-refractivity contribution is 7.11. The van der Waals surface area contributed by atoms with Gasteiger partial charge in [0.25, 0.3) is 5.91 Å². The molecule has 1 heterocycles. The van der Waals surface area contributed by atoms with Gasteiger partial charge in [-0.1, -0.05) is 0 Å². The number of hydrogen-bond acceptors (Lipinski definition) is 6. The summed E-state index contributed by atoms with van der Waals surface area (Å²) in [4.78, 5) is 11.4. The van der Waals surface area contributed by atoms with E-state index in [2.05, 4.69) is 15.0 Å². The normalized spacial score (nSPS) is 10.0. The maximum atomic E-state index is 11.4. The molecule has 0 unspecified atom stereocenters. The van der Waals surface area contributed by atoms with Crippen LogP contribution in [0.25, 0.3) is 0 Å². The largest absolute Gasteiger partial charge is 0.396 e. The lowest BCUT2D eigenvalue weighted by Crippen LogP contribution is -2.20. The zero-order chi connectivity index (χ0) is 11.3. The van der Waals surface area contributed by atoms with Gasteiger partial charge in [0.05, 0.1) is 0 Å². The van der Waals surface area contributed by atoms with Crippen molar-refractivity contribution in [1.82, 2.24) is 9.69 Å². The Morgan fingerprint density at radius 2 is 2.40 bits per heavy atom. The fraction of sp³-hybridized carbons (Fsp3) is 0.500. The Morgan fingerprint density at radius 3 is 3.00 bits per heavy atom. The molecule has 0 radical (unpaired) electrons. The smallest absolute Gasteiger partial charge is 0.257 e. The predicted molar refractivity (Wildman–Crippen MR) is 60.1 cm³/mol. The molecular formula is C8H14N4O2S. The Kier molecular flexibility index (Phi) is 4.32. The number of aromatic nitrogens is 1. The molecule has 1 amide bonds. The minimum Gasteiger partial charge on any atom is -0.396 e. The average Bonchev–Trinajstić information content (AvgIpc) is 2.59. The van der Waals surface area contributed by atoms with E-state index in [0.717, 1.165) is 11.5 Å². The quantitative estimate of drug-likeness (QED) is 0.528. The second kappa shape index (κ2) is 5.52. The summed E-state index contributed by atoms with van der Waals surface area (Å²) < 4.78 is 3.90. The maximum absolute atomic E-state index is 11.4. The minimum atomic E-state index is -0.257. The molecule has 0 atom stereocenters. The highest BCUT2D eigenvalue weighted by Crippen LogP contribution is 2.26. The van der Waals surface area contributed by atoms with Crippen LogP contribution in [0.4, 0.5) is 10.8 Å². The van der Waals surface area contributed by atoms with E-state index in [-0.39, 0.29) is 18.3 Å². The molecule has 1 rings (SSSR count). The van der Waals surface area contributed by atoms with Crippen molar-refractivity contribution in [3.05, 3.63) is 5.56 Å². The summed E-state index contributed by atoms with van der Waals surface area (Å²) in [7, 11) is 1.54. The Labute approximate surface area is 91.7 Å². The van der Waals surface area contributed by atoms with Gasteiger partial charge in [-0.2, -0.15) is 4.37 Å². The van der Waals surface area contributed by atoms with Gasteiger partial charge in [-0.05, 0) is 18.0 Å². The molecule has 0 spiro atoms. The van der Waals surface area contributed by atoms with Crippen molar-refractivity contribution in [2.24, 2.45) is 0 Å². The number of nitrogens with two attached hydrogens (primary N) is 1. The average molecular weight is 230 g/mol. The number of aliphatic hydroxyl groups is 1. The van der Waals surface area contributed by atoms with Crippen molar-refractivity contribution in [2.45, 2.75) is 6.42 Å². The van der Waals surface area contributed by atoms with Gasteiger partial charge in [0.1, 0.15) is 10.6 Å². The van der Waals surface area contributed by atoms with Gasteiger partial charge in [-0.25, -0.2) is 0 Å². The summed E-state index contributed by atoms with van der Waals surface area (Å²) in [6.07, 6.45) is 0.616. The van der Waals surface area contributed by atoms with E-state index < -0.39 is 0 Å². The molecular weight excluding hydrogens is 216 g/mol. The molecule has 6 nitrogen and oxygen atoms in total. The molecule has 5 N–H and O–H groups in total. The maximum Gasteiger partial charge on any atom is 0.257 e. The second-order valence-electron chi connectivity index (χ2n) is 2.85. The third-order valence-corrected chi connectivity index (χ3v) is 2.61. The van der Waals surface area contributed by atoms with Gasteiger partial charge in [0.15, 0.2) is 5.82 Å². The van der Waals surface area contributed by atoms with Gasteiger partial charge in [-0.15, -0.1) is 0 Å². The predicted octanol–water partition coefficient (Wildman–Crippen LogP) is -0.121. The third-order valence-electron chi connectivity index (χ3n) is 1.79. The van der Waals surface area contributed by atoms with Crippen LogP contribution in [-0.4, -0.2) is 35.6 Å². The zero-order valence-electron chi connectivity index (χ0n) is 8.41. The van der Waals surface area contributed by atoms with E-state index in [9.17, 15) is 4.79 Å². The number of nitrogens with one attached hydrogen (secondary N) is 2. The lowest BCUT2D eigenvalue weighted by molar-refractivity contribution is 0.0965. The Balaban J connectivity index is 2.75. The van der Waals surface area contributed by atoms with Crippen LogP contribution in [0.5, 0.6) is 0 Å². The fourth-order valence-electron chi connectivity index (χ4n) is 1.05. The summed E-state index contributed by atoms with van der Waals surface area (Å²) in [5.41, 5.74) is 5.95. The molecule has 0 aliphatic rings. The molecule has 0 aromatic carbocycles. The van der Waals surface area contributed by atoms with Crippen LogP contribution < -0.4 is 16.4 Å². The fourth-order valence-corrected chi connectivity index (χ4v) is 1.78. The van der Waals surface area contributed by atoms with Gasteiger partial charge >= 0.3 is 0 Å². The standard InChI is InChI=1S/C8H14N4O2S/c1-10-7(14)5-6(9)12-15-8(5)11-3-2-4-13/h11,13H,2-4H2,1H3,(H2,9,12)(H,10,14). The number of rotatable bonds is 5. The molecule has 1 aromatic rings. The summed E-state index contributed by atoms with van der Waals surface area (Å²) >= 11 is 1.14. The van der Waals surface area contributed by atoms with Crippen LogP contribution in [0.15, 0.2) is 0 Å². The molecule has 0 aliphatic heterocycles. The van der Waals surface area contributed by atoms with Gasteiger partial charge in [0.2, 0.25) is 0 Å². The number of hydrogen-bond donors (Lipinski definition) is 4. The second-order valence-corrected chi connectivity index (χ2v) is 3.63. The molecule has 84 valence electrons. The summed E-state index contributed by atoms with van der Waals surface area (Å²) in [5, 5.41) is 14.8. The molecule has 0 aliphatic carbocycles. The number of carbonyl (C=O) groups excluding carboxylic acids is 1. The van der Waals surface area contributed by atoms with Crippen LogP contribution in [0.1, 0.15) is 16.8 Å². The Bertz CT molecular complexity index is 339. The number of aliphatic hydroxyl groups excluding tert-OH is 1. The Morgan fingerprint density at radius 1 is 1.67 bits per heavy atom. The zero-order valence-corrected chi connectivity index (χ0v) is 9.23. The van der Waals surface area contributed by atoms with Crippen LogP contribution in [0.2, 0.25) is 0 Å². The minimum absolute atomic E-state index is 0.108. The van der Waals surface area contributed by atoms with Gasteiger partial charge in [-0.3, -0.25) is 4.79 Å². The molecule has 15 heavy (non-hydrogen) atoms. The molecule has 0 bridgehead atoms. The van der Waals surface area contributed by atoms with Crippen molar-refractivity contribution in [3.8, 4) is 0 Å². The van der Waals surface area contributed by atoms with Crippen molar-refractivity contribution < 1.29 is 9.90 Å². The van der Waals surface area contributed by atoms with E-state index in [1.807, 2.05) is 0 Å². The lowest BCUT2D eigenvalue weighted by Gasteiger charge is -2.04. The van der Waals surface area contributed by atoms with Crippen molar-refractivity contribution in [3.63, 3.8) is 0 Å². The first-order valence-electron chi connectivity index (χ1n) is 4.52. The first kappa shape index (κ1) is 11.7. The lowest BCUT2D eigenvalue weighted by atomic mass is 10.3. The van der Waals surface area contributed by atoms with Crippen LogP contribution >= 0.6 is 11.5 Å². The monoisotopic (exact) mass is 230 g/mol. The van der Waals surface area contributed by atoms with E-state index in [0.29, 0.717) is 23.5 Å². The van der Waals surface area contributed by atoms with Gasteiger partial charge < -0.3 is 21.5 Å². The summed E-state index contributed by atoms with van der Waals surface area (Å²) in [6, 6.07) is 0. The van der Waals surface area contributed by atoms with E-state index >= 15 is 0 Å². The van der Waals surface area contributed by atoms with Crippen LogP contribution in [0.3, 0.4) is 0 Å². The SMILES string of the molecule is CNC(=O)c1c(N)nsc1NCCCO. The van der Waals surface area contributed by atoms with Crippen LogP contribution in [-0.2, 0) is 0 Å². The summed E-state index contributed by atoms with van der Waals surface area (Å²) in [6.45, 7) is 0.693. The highest BCUT2D eigenvalue weighted by atomic mass is 32.1. The van der Waals surface area contributed by atoms with E-state index in [4.69, 9.17) is 10.8 Å². The molecule has 0 fully saturated rings.